The maximum absolute atomic E-state index is 12.9. The molecule has 1 aliphatic heterocycles. The Bertz CT molecular complexity index is 489. The molecule has 6 nitrogen and oxygen atoms in total. The molecule has 23 heavy (non-hydrogen) atoms. The molecule has 1 rings (SSSR count). The van der Waals surface area contributed by atoms with Crippen molar-refractivity contribution in [3.05, 3.63) is 25.3 Å². The Morgan fingerprint density at radius 3 is 2.52 bits per heavy atom. The Morgan fingerprint density at radius 2 is 2.00 bits per heavy atom. The van der Waals surface area contributed by atoms with Gasteiger partial charge in [-0.1, -0.05) is 19.1 Å². The van der Waals surface area contributed by atoms with E-state index in [4.69, 9.17) is 4.74 Å². The van der Waals surface area contributed by atoms with Crippen LogP contribution >= 0.6 is 0 Å². The molecule has 0 spiro atoms. The summed E-state index contributed by atoms with van der Waals surface area (Å²) in [7, 11) is 0. The van der Waals surface area contributed by atoms with Gasteiger partial charge in [-0.2, -0.15) is 0 Å². The van der Waals surface area contributed by atoms with E-state index in [9.17, 15) is 14.4 Å². The van der Waals surface area contributed by atoms with Gasteiger partial charge in [-0.05, 0) is 26.2 Å². The van der Waals surface area contributed by atoms with Crippen LogP contribution < -0.4 is 0 Å². The summed E-state index contributed by atoms with van der Waals surface area (Å²) >= 11 is 0. The highest BCUT2D eigenvalue weighted by molar-refractivity contribution is 5.99. The number of imide groups is 1. The molecular formula is C17H26N2O4. The molecule has 0 N–H and O–H groups in total. The lowest BCUT2D eigenvalue weighted by atomic mass is 9.87. The Balaban J connectivity index is 3.36. The zero-order valence-corrected chi connectivity index (χ0v) is 14.0. The smallest absolute Gasteiger partial charge is 0.332 e. The van der Waals surface area contributed by atoms with Crippen LogP contribution in [0.2, 0.25) is 0 Å². The molecule has 3 amide bonds. The first-order chi connectivity index (χ1) is 11.0. The summed E-state index contributed by atoms with van der Waals surface area (Å²) < 4.78 is 5.20. The lowest BCUT2D eigenvalue weighted by Crippen LogP contribution is -2.59. The topological polar surface area (TPSA) is 66.9 Å². The number of rotatable bonds is 8. The molecule has 128 valence electrons. The maximum atomic E-state index is 12.9. The van der Waals surface area contributed by atoms with Gasteiger partial charge in [0.1, 0.15) is 5.54 Å². The SMILES string of the molecule is C=CCN1C(=O)N(CCC)C(=O)CCC1(CC=C)C(=O)OCC. The normalized spacial score (nSPS) is 21.8. The lowest BCUT2D eigenvalue weighted by Gasteiger charge is -2.40. The van der Waals surface area contributed by atoms with Crippen molar-refractivity contribution in [3.8, 4) is 0 Å². The summed E-state index contributed by atoms with van der Waals surface area (Å²) in [5.74, 6) is -0.762. The first-order valence-corrected chi connectivity index (χ1v) is 7.99. The molecule has 1 atom stereocenters. The summed E-state index contributed by atoms with van der Waals surface area (Å²) in [6.07, 6.45) is 4.36. The standard InChI is InChI=1S/C17H26N2O4/c1-5-10-17(15(21)23-8-4)11-9-14(20)18(12-6-2)16(22)19(17)13-7-3/h5,7H,1,3,6,8-13H2,2,4H3. The van der Waals surface area contributed by atoms with E-state index in [1.807, 2.05) is 6.92 Å². The third-order valence-electron chi connectivity index (χ3n) is 3.93. The van der Waals surface area contributed by atoms with Gasteiger partial charge in [0.15, 0.2) is 0 Å². The second-order valence-corrected chi connectivity index (χ2v) is 5.47. The van der Waals surface area contributed by atoms with Crippen LogP contribution in [0.4, 0.5) is 4.79 Å². The van der Waals surface area contributed by atoms with Crippen LogP contribution in [0.5, 0.6) is 0 Å². The summed E-state index contributed by atoms with van der Waals surface area (Å²) in [6.45, 7) is 11.7. The summed E-state index contributed by atoms with van der Waals surface area (Å²) in [6, 6.07) is -0.468. The number of urea groups is 1. The number of nitrogens with zero attached hydrogens (tertiary/aromatic N) is 2. The molecule has 0 aromatic heterocycles. The predicted molar refractivity (Wildman–Crippen MR) is 87.7 cm³/mol. The van der Waals surface area contributed by atoms with Gasteiger partial charge < -0.3 is 9.64 Å². The molecule has 0 aromatic rings. The van der Waals surface area contributed by atoms with Crippen LogP contribution in [-0.2, 0) is 14.3 Å². The van der Waals surface area contributed by atoms with E-state index in [0.29, 0.717) is 13.0 Å². The number of esters is 1. The molecule has 6 heteroatoms. The highest BCUT2D eigenvalue weighted by atomic mass is 16.5. The van der Waals surface area contributed by atoms with Gasteiger partial charge in [-0.15, -0.1) is 13.2 Å². The van der Waals surface area contributed by atoms with E-state index in [1.54, 1.807) is 19.1 Å². The van der Waals surface area contributed by atoms with Crippen molar-refractivity contribution in [2.45, 2.75) is 45.1 Å². The number of amides is 3. The number of hydrogen-bond acceptors (Lipinski definition) is 4. The summed E-state index contributed by atoms with van der Waals surface area (Å²) in [4.78, 5) is 40.4. The number of hydrogen-bond donors (Lipinski definition) is 0. The lowest BCUT2D eigenvalue weighted by molar-refractivity contribution is -0.156. The first-order valence-electron chi connectivity index (χ1n) is 7.99. The van der Waals surface area contributed by atoms with Crippen LogP contribution in [0.25, 0.3) is 0 Å². The fourth-order valence-electron chi connectivity index (χ4n) is 2.86. The van der Waals surface area contributed by atoms with Crippen LogP contribution in [0.15, 0.2) is 25.3 Å². The van der Waals surface area contributed by atoms with Crippen molar-refractivity contribution in [2.24, 2.45) is 0 Å². The number of ether oxygens (including phenoxy) is 1. The van der Waals surface area contributed by atoms with Crippen molar-refractivity contribution in [2.75, 3.05) is 19.7 Å². The maximum Gasteiger partial charge on any atom is 0.332 e. The van der Waals surface area contributed by atoms with Crippen LogP contribution in [0.1, 0.15) is 39.5 Å². The first kappa shape index (κ1) is 18.9. The average Bonchev–Trinajstić information content (AvgIpc) is 2.62. The molecule has 0 radical (unpaired) electrons. The van der Waals surface area contributed by atoms with E-state index < -0.39 is 17.5 Å². The van der Waals surface area contributed by atoms with Gasteiger partial charge in [0, 0.05) is 19.5 Å². The van der Waals surface area contributed by atoms with Gasteiger partial charge in [-0.25, -0.2) is 9.59 Å². The van der Waals surface area contributed by atoms with E-state index in [2.05, 4.69) is 13.2 Å². The Kier molecular flexibility index (Phi) is 7.00. The van der Waals surface area contributed by atoms with Gasteiger partial charge in [0.25, 0.3) is 0 Å². The van der Waals surface area contributed by atoms with Gasteiger partial charge >= 0.3 is 12.0 Å². The van der Waals surface area contributed by atoms with Crippen molar-refractivity contribution in [1.29, 1.82) is 0 Å². The monoisotopic (exact) mass is 322 g/mol. The highest BCUT2D eigenvalue weighted by Gasteiger charge is 2.50. The Morgan fingerprint density at radius 1 is 1.30 bits per heavy atom. The predicted octanol–water partition coefficient (Wildman–Crippen LogP) is 2.50. The third-order valence-corrected chi connectivity index (χ3v) is 3.93. The summed E-state index contributed by atoms with van der Waals surface area (Å²) in [5.41, 5.74) is -1.21. The fraction of sp³-hybridized carbons (Fsp3) is 0.588. The molecule has 1 saturated heterocycles. The molecule has 1 heterocycles. The highest BCUT2D eigenvalue weighted by Crippen LogP contribution is 2.32. The minimum Gasteiger partial charge on any atom is -0.464 e. The Hall–Kier alpha value is -2.11. The molecule has 1 aliphatic rings. The fourth-order valence-corrected chi connectivity index (χ4v) is 2.86. The average molecular weight is 322 g/mol. The van der Waals surface area contributed by atoms with Crippen molar-refractivity contribution in [1.82, 2.24) is 9.80 Å². The minimum absolute atomic E-state index is 0.117. The third kappa shape index (κ3) is 3.81. The van der Waals surface area contributed by atoms with Crippen LogP contribution in [-0.4, -0.2) is 52.9 Å². The Labute approximate surface area is 137 Å². The van der Waals surface area contributed by atoms with Gasteiger partial charge in [0.05, 0.1) is 6.61 Å². The van der Waals surface area contributed by atoms with Crippen molar-refractivity contribution < 1.29 is 19.1 Å². The molecule has 1 unspecified atom stereocenters. The van der Waals surface area contributed by atoms with Crippen LogP contribution in [0, 0.1) is 0 Å². The zero-order chi connectivity index (χ0) is 17.5. The minimum atomic E-state index is -1.21. The van der Waals surface area contributed by atoms with E-state index >= 15 is 0 Å². The molecule has 0 bridgehead atoms. The van der Waals surface area contributed by atoms with Gasteiger partial charge in [0.2, 0.25) is 5.91 Å². The second kappa shape index (κ2) is 8.50. The van der Waals surface area contributed by atoms with Crippen LogP contribution in [0.3, 0.4) is 0 Å². The second-order valence-electron chi connectivity index (χ2n) is 5.47. The number of carbonyl (C=O) groups excluding carboxylic acids is 3. The largest absolute Gasteiger partial charge is 0.464 e. The van der Waals surface area contributed by atoms with E-state index in [1.165, 1.54) is 9.80 Å². The van der Waals surface area contributed by atoms with E-state index in [0.717, 1.165) is 0 Å². The zero-order valence-electron chi connectivity index (χ0n) is 14.0. The summed E-state index contributed by atoms with van der Waals surface area (Å²) in [5, 5.41) is 0. The molecule has 1 fully saturated rings. The molecule has 0 aliphatic carbocycles. The van der Waals surface area contributed by atoms with Gasteiger partial charge in [-0.3, -0.25) is 9.69 Å². The molecular weight excluding hydrogens is 296 g/mol. The van der Waals surface area contributed by atoms with Crippen molar-refractivity contribution in [3.63, 3.8) is 0 Å². The molecule has 0 saturated carbocycles. The number of carbonyl (C=O) groups is 3. The molecule has 0 aromatic carbocycles. The van der Waals surface area contributed by atoms with Crippen molar-refractivity contribution >= 4 is 17.9 Å². The van der Waals surface area contributed by atoms with E-state index in [-0.39, 0.29) is 38.3 Å². The quantitative estimate of drug-likeness (QED) is 0.509.